The molecular weight excluding hydrogens is 300 g/mol. The van der Waals surface area contributed by atoms with Crippen molar-refractivity contribution in [3.63, 3.8) is 0 Å². The molecule has 0 spiro atoms. The van der Waals surface area contributed by atoms with Gasteiger partial charge in [-0.1, -0.05) is 29.8 Å². The van der Waals surface area contributed by atoms with Gasteiger partial charge < -0.3 is 10.2 Å². The van der Waals surface area contributed by atoms with Crippen LogP contribution < -0.4 is 5.32 Å². The van der Waals surface area contributed by atoms with Gasteiger partial charge in [0.05, 0.1) is 12.1 Å². The summed E-state index contributed by atoms with van der Waals surface area (Å²) in [6.45, 7) is 6.10. The van der Waals surface area contributed by atoms with Crippen molar-refractivity contribution in [2.75, 3.05) is 20.1 Å². The monoisotopic (exact) mass is 326 g/mol. The average molecular weight is 326 g/mol. The molecule has 0 bridgehead atoms. The molecule has 2 heterocycles. The smallest absolute Gasteiger partial charge is 0.274 e. The Hall–Kier alpha value is -2.14. The van der Waals surface area contributed by atoms with Crippen LogP contribution in [0.3, 0.4) is 0 Å². The Balaban J connectivity index is 1.71. The van der Waals surface area contributed by atoms with E-state index in [-0.39, 0.29) is 11.9 Å². The van der Waals surface area contributed by atoms with E-state index in [1.165, 1.54) is 5.56 Å². The fourth-order valence-corrected chi connectivity index (χ4v) is 3.14. The molecule has 1 aliphatic heterocycles. The van der Waals surface area contributed by atoms with Crippen LogP contribution in [0.2, 0.25) is 0 Å². The summed E-state index contributed by atoms with van der Waals surface area (Å²) in [4.78, 5) is 14.5. The summed E-state index contributed by atoms with van der Waals surface area (Å²) in [6, 6.07) is 10.5. The van der Waals surface area contributed by atoms with Crippen molar-refractivity contribution in [2.45, 2.75) is 38.8 Å². The van der Waals surface area contributed by atoms with Crippen molar-refractivity contribution in [3.8, 4) is 0 Å². The van der Waals surface area contributed by atoms with E-state index in [0.29, 0.717) is 11.7 Å². The van der Waals surface area contributed by atoms with Gasteiger partial charge in [-0.05, 0) is 44.9 Å². The molecular formula is C19H26N4O. The molecule has 1 saturated heterocycles. The number of carbonyl (C=O) groups excluding carboxylic acids is 1. The van der Waals surface area contributed by atoms with E-state index in [1.807, 2.05) is 30.9 Å². The third-order valence-electron chi connectivity index (χ3n) is 4.93. The van der Waals surface area contributed by atoms with Gasteiger partial charge in [0.1, 0.15) is 5.69 Å². The highest BCUT2D eigenvalue weighted by molar-refractivity contribution is 5.92. The van der Waals surface area contributed by atoms with Crippen molar-refractivity contribution in [1.82, 2.24) is 20.0 Å². The van der Waals surface area contributed by atoms with Crippen LogP contribution in [0.25, 0.3) is 0 Å². The number of carbonyl (C=O) groups is 1. The lowest BCUT2D eigenvalue weighted by atomic mass is 10.1. The molecule has 1 aliphatic rings. The van der Waals surface area contributed by atoms with Gasteiger partial charge in [-0.25, -0.2) is 0 Å². The minimum atomic E-state index is -0.0365. The molecule has 0 radical (unpaired) electrons. The summed E-state index contributed by atoms with van der Waals surface area (Å²) in [5.41, 5.74) is 2.87. The van der Waals surface area contributed by atoms with Crippen LogP contribution in [0.5, 0.6) is 0 Å². The van der Waals surface area contributed by atoms with E-state index in [4.69, 9.17) is 0 Å². The first-order valence-corrected chi connectivity index (χ1v) is 8.66. The lowest BCUT2D eigenvalue weighted by Gasteiger charge is -2.25. The van der Waals surface area contributed by atoms with E-state index < -0.39 is 0 Å². The van der Waals surface area contributed by atoms with Crippen LogP contribution in [0.4, 0.5) is 0 Å². The Labute approximate surface area is 143 Å². The molecule has 2 atom stereocenters. The number of piperidine rings is 1. The summed E-state index contributed by atoms with van der Waals surface area (Å²) >= 11 is 0. The molecule has 1 aromatic heterocycles. The number of nitrogens with zero attached hydrogens (tertiary/aromatic N) is 3. The van der Waals surface area contributed by atoms with Crippen LogP contribution in [0.15, 0.2) is 36.5 Å². The number of nitrogens with one attached hydrogen (secondary N) is 1. The quantitative estimate of drug-likeness (QED) is 0.940. The molecule has 5 nitrogen and oxygen atoms in total. The van der Waals surface area contributed by atoms with Crippen molar-refractivity contribution in [3.05, 3.63) is 53.3 Å². The molecule has 0 aliphatic carbocycles. The second-order valence-electron chi connectivity index (χ2n) is 6.68. The number of hydrogen-bond donors (Lipinski definition) is 1. The van der Waals surface area contributed by atoms with Gasteiger partial charge in [-0.3, -0.25) is 9.48 Å². The first-order valence-electron chi connectivity index (χ1n) is 8.66. The molecule has 1 aromatic carbocycles. The van der Waals surface area contributed by atoms with E-state index in [9.17, 15) is 4.79 Å². The van der Waals surface area contributed by atoms with Gasteiger partial charge in [0.25, 0.3) is 5.91 Å². The Morgan fingerprint density at radius 1 is 1.33 bits per heavy atom. The number of rotatable bonds is 4. The molecule has 5 heteroatoms. The van der Waals surface area contributed by atoms with Crippen molar-refractivity contribution in [2.24, 2.45) is 0 Å². The second kappa shape index (κ2) is 7.18. The average Bonchev–Trinajstić information content (AvgIpc) is 3.11. The lowest BCUT2D eigenvalue weighted by Crippen LogP contribution is -2.33. The highest BCUT2D eigenvalue weighted by atomic mass is 16.2. The second-order valence-corrected chi connectivity index (χ2v) is 6.68. The fourth-order valence-electron chi connectivity index (χ4n) is 3.14. The minimum absolute atomic E-state index is 0.0135. The maximum Gasteiger partial charge on any atom is 0.274 e. The van der Waals surface area contributed by atoms with Crippen molar-refractivity contribution >= 4 is 5.91 Å². The van der Waals surface area contributed by atoms with Gasteiger partial charge in [0, 0.05) is 19.8 Å². The maximum absolute atomic E-state index is 12.8. The van der Waals surface area contributed by atoms with Gasteiger partial charge in [0.2, 0.25) is 0 Å². The molecule has 1 N–H and O–H groups in total. The molecule has 1 fully saturated rings. The van der Waals surface area contributed by atoms with E-state index in [2.05, 4.69) is 41.6 Å². The van der Waals surface area contributed by atoms with Crippen LogP contribution >= 0.6 is 0 Å². The number of hydrogen-bond acceptors (Lipinski definition) is 3. The zero-order valence-corrected chi connectivity index (χ0v) is 14.7. The highest BCUT2D eigenvalue weighted by Crippen LogP contribution is 2.21. The summed E-state index contributed by atoms with van der Waals surface area (Å²) < 4.78 is 1.93. The third kappa shape index (κ3) is 3.51. The molecule has 24 heavy (non-hydrogen) atoms. The van der Waals surface area contributed by atoms with E-state index in [1.54, 1.807) is 4.90 Å². The SMILES string of the molecule is Cc1ccc(C(C)N(C)C(=O)c2ccn(C3CCCNC3)n2)cc1. The number of aryl methyl sites for hydroxylation is 1. The van der Waals surface area contributed by atoms with E-state index >= 15 is 0 Å². The number of aromatic nitrogens is 2. The molecule has 128 valence electrons. The number of amides is 1. The summed E-state index contributed by atoms with van der Waals surface area (Å²) in [5.74, 6) is -0.0365. The summed E-state index contributed by atoms with van der Waals surface area (Å²) in [6.07, 6.45) is 4.19. The Bertz CT molecular complexity index is 686. The summed E-state index contributed by atoms with van der Waals surface area (Å²) in [7, 11) is 1.84. The lowest BCUT2D eigenvalue weighted by molar-refractivity contribution is 0.0735. The molecule has 3 rings (SSSR count). The van der Waals surface area contributed by atoms with E-state index in [0.717, 1.165) is 31.5 Å². The zero-order valence-electron chi connectivity index (χ0n) is 14.7. The first-order chi connectivity index (χ1) is 11.6. The van der Waals surface area contributed by atoms with Gasteiger partial charge in [-0.15, -0.1) is 0 Å². The van der Waals surface area contributed by atoms with Gasteiger partial charge in [-0.2, -0.15) is 5.10 Å². The van der Waals surface area contributed by atoms with Gasteiger partial charge in [0.15, 0.2) is 0 Å². The van der Waals surface area contributed by atoms with Gasteiger partial charge >= 0.3 is 0 Å². The van der Waals surface area contributed by atoms with Crippen molar-refractivity contribution in [1.29, 1.82) is 0 Å². The van der Waals surface area contributed by atoms with Crippen LogP contribution in [0, 0.1) is 6.92 Å². The molecule has 2 unspecified atom stereocenters. The highest BCUT2D eigenvalue weighted by Gasteiger charge is 2.22. The molecule has 0 saturated carbocycles. The zero-order chi connectivity index (χ0) is 17.1. The minimum Gasteiger partial charge on any atom is -0.334 e. The van der Waals surface area contributed by atoms with Crippen molar-refractivity contribution < 1.29 is 4.79 Å². The normalized spacial score (nSPS) is 19.0. The Morgan fingerprint density at radius 2 is 2.08 bits per heavy atom. The van der Waals surface area contributed by atoms with Crippen LogP contribution in [-0.4, -0.2) is 40.7 Å². The van der Waals surface area contributed by atoms with Crippen LogP contribution in [-0.2, 0) is 0 Å². The number of benzene rings is 1. The third-order valence-corrected chi connectivity index (χ3v) is 4.93. The Kier molecular flexibility index (Phi) is 5.00. The maximum atomic E-state index is 12.8. The summed E-state index contributed by atoms with van der Waals surface area (Å²) in [5, 5.41) is 7.91. The predicted octanol–water partition coefficient (Wildman–Crippen LogP) is 2.95. The molecule has 1 amide bonds. The largest absolute Gasteiger partial charge is 0.334 e. The molecule has 2 aromatic rings. The standard InChI is InChI=1S/C19H26N4O/c1-14-6-8-16(9-7-14)15(2)22(3)19(24)18-10-12-23(21-18)17-5-4-11-20-13-17/h6-10,12,15,17,20H,4-5,11,13H2,1-3H3. The fraction of sp³-hybridized carbons (Fsp3) is 0.474. The predicted molar refractivity (Wildman–Crippen MR) is 95.1 cm³/mol. The first kappa shape index (κ1) is 16.7. The van der Waals surface area contributed by atoms with Crippen LogP contribution in [0.1, 0.15) is 53.5 Å². The Morgan fingerprint density at radius 3 is 2.75 bits per heavy atom. The topological polar surface area (TPSA) is 50.2 Å².